The molecule has 1 aliphatic rings. The molecule has 0 aliphatic heterocycles. The summed E-state index contributed by atoms with van der Waals surface area (Å²) < 4.78 is 5.57. The van der Waals surface area contributed by atoms with Gasteiger partial charge in [0.2, 0.25) is 0 Å². The quantitative estimate of drug-likeness (QED) is 0.857. The molecular formula is C18H16N2O. The Morgan fingerprint density at radius 3 is 2.52 bits per heavy atom. The van der Waals surface area contributed by atoms with E-state index in [1.807, 2.05) is 25.1 Å². The van der Waals surface area contributed by atoms with Crippen molar-refractivity contribution in [3.8, 4) is 12.1 Å². The van der Waals surface area contributed by atoms with Crippen LogP contribution in [0.3, 0.4) is 0 Å². The Morgan fingerprint density at radius 2 is 1.86 bits per heavy atom. The third-order valence-corrected chi connectivity index (χ3v) is 4.42. The van der Waals surface area contributed by atoms with Crippen LogP contribution in [-0.4, -0.2) is 12.7 Å². The van der Waals surface area contributed by atoms with Crippen molar-refractivity contribution in [3.63, 3.8) is 0 Å². The highest BCUT2D eigenvalue weighted by Crippen LogP contribution is 2.54. The zero-order valence-electron chi connectivity index (χ0n) is 11.9. The van der Waals surface area contributed by atoms with Gasteiger partial charge < -0.3 is 4.74 Å². The van der Waals surface area contributed by atoms with Crippen LogP contribution in [0.5, 0.6) is 0 Å². The van der Waals surface area contributed by atoms with Crippen molar-refractivity contribution >= 4 is 10.8 Å². The van der Waals surface area contributed by atoms with Gasteiger partial charge in [0.15, 0.2) is 5.41 Å². The molecule has 0 saturated heterocycles. The molecule has 0 unspecified atom stereocenters. The largest absolute Gasteiger partial charge is 0.376 e. The van der Waals surface area contributed by atoms with Crippen molar-refractivity contribution in [2.45, 2.75) is 25.4 Å². The normalized spacial score (nSPS) is 23.0. The van der Waals surface area contributed by atoms with E-state index in [0.717, 1.165) is 17.4 Å². The fourth-order valence-electron chi connectivity index (χ4n) is 3.20. The average Bonchev–Trinajstić information content (AvgIpc) is 2.52. The van der Waals surface area contributed by atoms with Crippen molar-refractivity contribution in [1.82, 2.24) is 0 Å². The van der Waals surface area contributed by atoms with Crippen LogP contribution in [0.15, 0.2) is 42.5 Å². The van der Waals surface area contributed by atoms with Crippen LogP contribution in [-0.2, 0) is 4.74 Å². The average molecular weight is 276 g/mol. The summed E-state index contributed by atoms with van der Waals surface area (Å²) in [5, 5.41) is 21.4. The number of hydrogen-bond donors (Lipinski definition) is 0. The molecule has 2 atom stereocenters. The first-order valence-corrected chi connectivity index (χ1v) is 7.18. The summed E-state index contributed by atoms with van der Waals surface area (Å²) in [5.41, 5.74) is -0.00823. The smallest absolute Gasteiger partial charge is 0.176 e. The first-order valence-electron chi connectivity index (χ1n) is 7.18. The van der Waals surface area contributed by atoms with Gasteiger partial charge in [0.25, 0.3) is 0 Å². The maximum Gasteiger partial charge on any atom is 0.176 e. The van der Waals surface area contributed by atoms with Crippen LogP contribution < -0.4 is 0 Å². The monoisotopic (exact) mass is 276 g/mol. The Labute approximate surface area is 124 Å². The topological polar surface area (TPSA) is 56.8 Å². The van der Waals surface area contributed by atoms with Crippen molar-refractivity contribution in [2.75, 3.05) is 6.61 Å². The van der Waals surface area contributed by atoms with Crippen molar-refractivity contribution in [2.24, 2.45) is 5.41 Å². The number of rotatable bonds is 3. The Hall–Kier alpha value is -2.36. The minimum Gasteiger partial charge on any atom is -0.376 e. The molecule has 0 radical (unpaired) electrons. The second kappa shape index (κ2) is 5.20. The molecular weight excluding hydrogens is 260 g/mol. The SMILES string of the molecule is CCO[C@H]1C[C@@H](c2ccc3ccccc3c2)C1(C#N)C#N. The summed E-state index contributed by atoms with van der Waals surface area (Å²) in [5.74, 6) is -0.0753. The molecule has 0 bridgehead atoms. The van der Waals surface area contributed by atoms with Gasteiger partial charge in [0, 0.05) is 12.5 Å². The van der Waals surface area contributed by atoms with Gasteiger partial charge in [-0.1, -0.05) is 42.5 Å². The molecule has 1 saturated carbocycles. The highest BCUT2D eigenvalue weighted by molar-refractivity contribution is 5.83. The Balaban J connectivity index is 1.99. The number of ether oxygens (including phenoxy) is 1. The molecule has 0 spiro atoms. The third kappa shape index (κ3) is 1.98. The first kappa shape index (κ1) is 13.6. The van der Waals surface area contributed by atoms with Gasteiger partial charge in [-0.25, -0.2) is 0 Å². The maximum atomic E-state index is 9.53. The summed E-state index contributed by atoms with van der Waals surface area (Å²) in [6.45, 7) is 2.42. The summed E-state index contributed by atoms with van der Waals surface area (Å²) in [4.78, 5) is 0. The van der Waals surface area contributed by atoms with Crippen LogP contribution in [0.4, 0.5) is 0 Å². The second-order valence-corrected chi connectivity index (χ2v) is 5.43. The van der Waals surface area contributed by atoms with E-state index in [1.54, 1.807) is 0 Å². The first-order chi connectivity index (χ1) is 10.2. The van der Waals surface area contributed by atoms with Crippen LogP contribution in [0.1, 0.15) is 24.8 Å². The summed E-state index contributed by atoms with van der Waals surface area (Å²) in [7, 11) is 0. The van der Waals surface area contributed by atoms with Crippen LogP contribution >= 0.6 is 0 Å². The Kier molecular flexibility index (Phi) is 3.37. The summed E-state index contributed by atoms with van der Waals surface area (Å²) >= 11 is 0. The summed E-state index contributed by atoms with van der Waals surface area (Å²) in [6.07, 6.45) is 0.446. The molecule has 0 aromatic heterocycles. The fraction of sp³-hybridized carbons (Fsp3) is 0.333. The van der Waals surface area contributed by atoms with Crippen LogP contribution in [0.2, 0.25) is 0 Å². The Morgan fingerprint density at radius 1 is 1.14 bits per heavy atom. The zero-order chi connectivity index (χ0) is 14.9. The number of benzene rings is 2. The molecule has 0 heterocycles. The minimum absolute atomic E-state index is 0.0753. The molecule has 2 aromatic rings. The third-order valence-electron chi connectivity index (χ3n) is 4.42. The fourth-order valence-corrected chi connectivity index (χ4v) is 3.20. The summed E-state index contributed by atoms with van der Waals surface area (Å²) in [6, 6.07) is 18.7. The number of hydrogen-bond acceptors (Lipinski definition) is 3. The zero-order valence-corrected chi connectivity index (χ0v) is 11.9. The molecule has 0 N–H and O–H groups in total. The lowest BCUT2D eigenvalue weighted by Gasteiger charge is -2.46. The van der Waals surface area contributed by atoms with Crippen molar-refractivity contribution in [3.05, 3.63) is 48.0 Å². The van der Waals surface area contributed by atoms with Gasteiger partial charge >= 0.3 is 0 Å². The molecule has 104 valence electrons. The van der Waals surface area contributed by atoms with Crippen LogP contribution in [0, 0.1) is 28.1 Å². The van der Waals surface area contributed by atoms with Gasteiger partial charge in [-0.05, 0) is 29.7 Å². The van der Waals surface area contributed by atoms with Gasteiger partial charge in [-0.2, -0.15) is 10.5 Å². The highest BCUT2D eigenvalue weighted by atomic mass is 16.5. The molecule has 21 heavy (non-hydrogen) atoms. The van der Waals surface area contributed by atoms with E-state index in [9.17, 15) is 10.5 Å². The lowest BCUT2D eigenvalue weighted by Crippen LogP contribution is -2.51. The lowest BCUT2D eigenvalue weighted by atomic mass is 9.57. The van der Waals surface area contributed by atoms with Gasteiger partial charge in [-0.3, -0.25) is 0 Å². The van der Waals surface area contributed by atoms with Crippen LogP contribution in [0.25, 0.3) is 10.8 Å². The predicted molar refractivity (Wildman–Crippen MR) is 80.4 cm³/mol. The van der Waals surface area contributed by atoms with Crippen molar-refractivity contribution < 1.29 is 4.74 Å². The molecule has 1 aliphatic carbocycles. The van der Waals surface area contributed by atoms with Gasteiger partial charge in [0.1, 0.15) is 0 Å². The van der Waals surface area contributed by atoms with E-state index in [2.05, 4.69) is 36.4 Å². The Bertz CT molecular complexity index is 740. The predicted octanol–water partition coefficient (Wildman–Crippen LogP) is 3.77. The standard InChI is InChI=1S/C18H16N2O/c1-2-21-17-10-16(18(17,11-19)12-20)15-8-7-13-5-3-4-6-14(13)9-15/h3-9,16-17H,2,10H2,1H3/t16-,17-/m0/s1. The van der Waals surface area contributed by atoms with E-state index < -0.39 is 5.41 Å². The molecule has 2 aromatic carbocycles. The minimum atomic E-state index is -1.06. The molecule has 0 amide bonds. The molecule has 1 fully saturated rings. The highest BCUT2D eigenvalue weighted by Gasteiger charge is 2.58. The lowest BCUT2D eigenvalue weighted by molar-refractivity contribution is -0.0677. The van der Waals surface area contributed by atoms with Gasteiger partial charge in [-0.15, -0.1) is 0 Å². The van der Waals surface area contributed by atoms with E-state index in [1.165, 1.54) is 5.39 Å². The molecule has 3 nitrogen and oxygen atoms in total. The van der Waals surface area contributed by atoms with E-state index in [-0.39, 0.29) is 12.0 Å². The van der Waals surface area contributed by atoms with E-state index in [0.29, 0.717) is 6.61 Å². The van der Waals surface area contributed by atoms with E-state index >= 15 is 0 Å². The van der Waals surface area contributed by atoms with Gasteiger partial charge in [0.05, 0.1) is 18.2 Å². The number of nitrogens with zero attached hydrogens (tertiary/aromatic N) is 2. The molecule has 3 heteroatoms. The number of nitriles is 2. The maximum absolute atomic E-state index is 9.53. The molecule has 3 rings (SSSR count). The van der Waals surface area contributed by atoms with E-state index in [4.69, 9.17) is 4.74 Å². The second-order valence-electron chi connectivity index (χ2n) is 5.43. The van der Waals surface area contributed by atoms with Crippen molar-refractivity contribution in [1.29, 1.82) is 10.5 Å². The number of fused-ring (bicyclic) bond motifs is 1.